The molecule has 0 aliphatic carbocycles. The predicted octanol–water partition coefficient (Wildman–Crippen LogP) is 2.09. The van der Waals surface area contributed by atoms with Gasteiger partial charge in [0.25, 0.3) is 0 Å². The zero-order valence-electron chi connectivity index (χ0n) is 11.8. The molecule has 0 unspecified atom stereocenters. The zero-order valence-corrected chi connectivity index (χ0v) is 11.8. The maximum Gasteiger partial charge on any atom is 0.317 e. The van der Waals surface area contributed by atoms with Crippen LogP contribution in [-0.2, 0) is 11.2 Å². The van der Waals surface area contributed by atoms with E-state index in [9.17, 15) is 9.59 Å². The van der Waals surface area contributed by atoms with Crippen LogP contribution in [0.4, 0.5) is 4.79 Å². The molecule has 0 aliphatic heterocycles. The number of carbonyl (C=O) groups is 2. The molecule has 0 saturated carbocycles. The van der Waals surface area contributed by atoms with Gasteiger partial charge in [0.2, 0.25) is 0 Å². The fourth-order valence-corrected chi connectivity index (χ4v) is 1.95. The highest BCUT2D eigenvalue weighted by Gasteiger charge is 2.10. The number of carboxylic acid groups (broad SMARTS) is 1. The van der Waals surface area contributed by atoms with Crippen LogP contribution in [0.15, 0.2) is 34.7 Å². The third-order valence-corrected chi connectivity index (χ3v) is 3.13. The SMILES string of the molecule is CN(CCC(=O)O)C(=O)NCCc1cc2ccccc2o1. The van der Waals surface area contributed by atoms with Crippen LogP contribution in [0, 0.1) is 0 Å². The Bertz CT molecular complexity index is 602. The van der Waals surface area contributed by atoms with Crippen molar-refractivity contribution in [2.24, 2.45) is 0 Å². The summed E-state index contributed by atoms with van der Waals surface area (Å²) in [5.74, 6) is -0.110. The first-order chi connectivity index (χ1) is 10.1. The number of nitrogens with one attached hydrogen (secondary N) is 1. The van der Waals surface area contributed by atoms with Crippen LogP contribution in [0.1, 0.15) is 12.2 Å². The molecule has 0 saturated heterocycles. The Kier molecular flexibility index (Phi) is 4.81. The fraction of sp³-hybridized carbons (Fsp3) is 0.333. The summed E-state index contributed by atoms with van der Waals surface area (Å²) in [6, 6.07) is 9.40. The predicted molar refractivity (Wildman–Crippen MR) is 78.2 cm³/mol. The minimum atomic E-state index is -0.920. The van der Waals surface area contributed by atoms with Gasteiger partial charge < -0.3 is 19.7 Å². The van der Waals surface area contributed by atoms with Gasteiger partial charge in [0.15, 0.2) is 0 Å². The summed E-state index contributed by atoms with van der Waals surface area (Å²) in [6.45, 7) is 0.627. The van der Waals surface area contributed by atoms with Gasteiger partial charge in [0, 0.05) is 31.9 Å². The molecule has 0 spiro atoms. The lowest BCUT2D eigenvalue weighted by atomic mass is 10.2. The molecule has 1 heterocycles. The maximum absolute atomic E-state index is 11.7. The fourth-order valence-electron chi connectivity index (χ4n) is 1.95. The Morgan fingerprint density at radius 3 is 2.81 bits per heavy atom. The number of urea groups is 1. The number of hydrogen-bond donors (Lipinski definition) is 2. The average molecular weight is 290 g/mol. The van der Waals surface area contributed by atoms with Crippen molar-refractivity contribution in [3.63, 3.8) is 0 Å². The molecule has 1 aromatic heterocycles. The average Bonchev–Trinajstić information content (AvgIpc) is 2.87. The molecule has 0 radical (unpaired) electrons. The molecule has 6 nitrogen and oxygen atoms in total. The molecule has 2 aromatic rings. The van der Waals surface area contributed by atoms with Crippen LogP contribution in [-0.4, -0.2) is 42.1 Å². The number of benzene rings is 1. The third kappa shape index (κ3) is 4.24. The van der Waals surface area contributed by atoms with Gasteiger partial charge >= 0.3 is 12.0 Å². The molecular formula is C15H18N2O4. The number of furan rings is 1. The van der Waals surface area contributed by atoms with Crippen LogP contribution < -0.4 is 5.32 Å². The molecule has 112 valence electrons. The highest BCUT2D eigenvalue weighted by Crippen LogP contribution is 2.18. The van der Waals surface area contributed by atoms with E-state index >= 15 is 0 Å². The van der Waals surface area contributed by atoms with E-state index in [0.717, 1.165) is 16.7 Å². The number of carboxylic acids is 1. The summed E-state index contributed by atoms with van der Waals surface area (Å²) >= 11 is 0. The van der Waals surface area contributed by atoms with E-state index in [-0.39, 0.29) is 19.0 Å². The summed E-state index contributed by atoms with van der Waals surface area (Å²) < 4.78 is 5.65. The van der Waals surface area contributed by atoms with Gasteiger partial charge in [-0.05, 0) is 12.1 Å². The first-order valence-corrected chi connectivity index (χ1v) is 6.74. The highest BCUT2D eigenvalue weighted by molar-refractivity contribution is 5.77. The lowest BCUT2D eigenvalue weighted by Crippen LogP contribution is -2.39. The monoisotopic (exact) mass is 290 g/mol. The smallest absolute Gasteiger partial charge is 0.317 e. The first kappa shape index (κ1) is 14.9. The largest absolute Gasteiger partial charge is 0.481 e. The number of nitrogens with zero attached hydrogens (tertiary/aromatic N) is 1. The van der Waals surface area contributed by atoms with Gasteiger partial charge in [-0.1, -0.05) is 18.2 Å². The van der Waals surface area contributed by atoms with Crippen molar-refractivity contribution in [2.45, 2.75) is 12.8 Å². The molecule has 0 bridgehead atoms. The number of rotatable bonds is 6. The molecular weight excluding hydrogens is 272 g/mol. The minimum Gasteiger partial charge on any atom is -0.481 e. The Morgan fingerprint density at radius 2 is 2.10 bits per heavy atom. The number of carbonyl (C=O) groups excluding carboxylic acids is 1. The van der Waals surface area contributed by atoms with Crippen molar-refractivity contribution in [2.75, 3.05) is 20.1 Å². The normalized spacial score (nSPS) is 10.5. The molecule has 0 aliphatic rings. The zero-order chi connectivity index (χ0) is 15.2. The van der Waals surface area contributed by atoms with Crippen molar-refractivity contribution in [1.82, 2.24) is 10.2 Å². The summed E-state index contributed by atoms with van der Waals surface area (Å²) in [5.41, 5.74) is 0.831. The maximum atomic E-state index is 11.7. The van der Waals surface area contributed by atoms with E-state index < -0.39 is 5.97 Å². The van der Waals surface area contributed by atoms with E-state index in [1.165, 1.54) is 4.90 Å². The van der Waals surface area contributed by atoms with Gasteiger partial charge in [0.05, 0.1) is 6.42 Å². The second-order valence-corrected chi connectivity index (χ2v) is 4.80. The van der Waals surface area contributed by atoms with E-state index in [0.29, 0.717) is 13.0 Å². The summed E-state index contributed by atoms with van der Waals surface area (Å²) in [6.07, 6.45) is 0.528. The molecule has 2 rings (SSSR count). The van der Waals surface area contributed by atoms with Crippen LogP contribution in [0.5, 0.6) is 0 Å². The third-order valence-electron chi connectivity index (χ3n) is 3.13. The first-order valence-electron chi connectivity index (χ1n) is 6.74. The Hall–Kier alpha value is -2.50. The van der Waals surface area contributed by atoms with Crippen molar-refractivity contribution in [3.05, 3.63) is 36.1 Å². The van der Waals surface area contributed by atoms with E-state index in [1.807, 2.05) is 30.3 Å². The number of aliphatic carboxylic acids is 1. The lowest BCUT2D eigenvalue weighted by Gasteiger charge is -2.16. The van der Waals surface area contributed by atoms with E-state index in [1.54, 1.807) is 7.05 Å². The standard InChI is InChI=1S/C15H18N2O4/c1-17(9-7-14(18)19)15(20)16-8-6-12-10-11-4-2-3-5-13(11)21-12/h2-5,10H,6-9H2,1H3,(H,16,20)(H,18,19). The Morgan fingerprint density at radius 1 is 1.33 bits per heavy atom. The molecule has 21 heavy (non-hydrogen) atoms. The molecule has 0 fully saturated rings. The van der Waals surface area contributed by atoms with E-state index in [4.69, 9.17) is 9.52 Å². The van der Waals surface area contributed by atoms with Crippen molar-refractivity contribution in [3.8, 4) is 0 Å². The number of amides is 2. The second-order valence-electron chi connectivity index (χ2n) is 4.80. The highest BCUT2D eigenvalue weighted by atomic mass is 16.4. The van der Waals surface area contributed by atoms with Gasteiger partial charge in [-0.15, -0.1) is 0 Å². The molecule has 2 amide bonds. The van der Waals surface area contributed by atoms with Crippen LogP contribution in [0.3, 0.4) is 0 Å². The summed E-state index contributed by atoms with van der Waals surface area (Å²) in [4.78, 5) is 23.5. The van der Waals surface area contributed by atoms with Crippen molar-refractivity contribution in [1.29, 1.82) is 0 Å². The Balaban J connectivity index is 1.78. The molecule has 0 atom stereocenters. The Labute approximate surface area is 122 Å². The number of hydrogen-bond acceptors (Lipinski definition) is 3. The lowest BCUT2D eigenvalue weighted by molar-refractivity contribution is -0.137. The van der Waals surface area contributed by atoms with E-state index in [2.05, 4.69) is 5.32 Å². The minimum absolute atomic E-state index is 0.0620. The molecule has 1 aromatic carbocycles. The summed E-state index contributed by atoms with van der Waals surface area (Å²) in [7, 11) is 1.57. The van der Waals surface area contributed by atoms with Crippen LogP contribution in [0.2, 0.25) is 0 Å². The topological polar surface area (TPSA) is 82.8 Å². The van der Waals surface area contributed by atoms with Crippen molar-refractivity contribution >= 4 is 23.0 Å². The van der Waals surface area contributed by atoms with Crippen LogP contribution in [0.25, 0.3) is 11.0 Å². The quantitative estimate of drug-likeness (QED) is 0.853. The molecule has 2 N–H and O–H groups in total. The van der Waals surface area contributed by atoms with Gasteiger partial charge in [-0.3, -0.25) is 4.79 Å². The molecule has 6 heteroatoms. The van der Waals surface area contributed by atoms with Gasteiger partial charge in [-0.2, -0.15) is 0 Å². The van der Waals surface area contributed by atoms with Gasteiger partial charge in [0.1, 0.15) is 11.3 Å². The van der Waals surface area contributed by atoms with Gasteiger partial charge in [-0.25, -0.2) is 4.79 Å². The number of fused-ring (bicyclic) bond motifs is 1. The van der Waals surface area contributed by atoms with Crippen molar-refractivity contribution < 1.29 is 19.1 Å². The van der Waals surface area contributed by atoms with Crippen LogP contribution >= 0.6 is 0 Å². The second kappa shape index (κ2) is 6.78. The summed E-state index contributed by atoms with van der Waals surface area (Å²) in [5, 5.41) is 12.3. The number of para-hydroxylation sites is 1.